The van der Waals surface area contributed by atoms with Crippen molar-refractivity contribution in [3.63, 3.8) is 0 Å². The van der Waals surface area contributed by atoms with Crippen molar-refractivity contribution in [2.75, 3.05) is 0 Å². The van der Waals surface area contributed by atoms with Crippen LogP contribution in [0.2, 0.25) is 0 Å². The molecule has 0 saturated carbocycles. The van der Waals surface area contributed by atoms with Gasteiger partial charge >= 0.3 is 16.5 Å². The summed E-state index contributed by atoms with van der Waals surface area (Å²) in [7, 11) is -4.30. The average Bonchev–Trinajstić information content (AvgIpc) is 2.46. The molecule has 122 valence electrons. The van der Waals surface area contributed by atoms with Gasteiger partial charge < -0.3 is 8.92 Å². The molecule has 0 atom stereocenters. The number of aldehydes is 1. The highest BCUT2D eigenvalue weighted by Gasteiger charge is 2.31. The van der Waals surface area contributed by atoms with E-state index >= 15 is 0 Å². The molecule has 0 unspecified atom stereocenters. The second-order valence-corrected chi connectivity index (χ2v) is 5.76. The van der Waals surface area contributed by atoms with Crippen LogP contribution in [0.15, 0.2) is 53.4 Å². The molecule has 2 aromatic rings. The van der Waals surface area contributed by atoms with Crippen molar-refractivity contribution in [3.8, 4) is 11.5 Å². The van der Waals surface area contributed by atoms with Crippen molar-refractivity contribution in [2.24, 2.45) is 0 Å². The third-order valence-electron chi connectivity index (χ3n) is 2.59. The Balaban J connectivity index is 2.24. The fourth-order valence-electron chi connectivity index (χ4n) is 1.63. The van der Waals surface area contributed by atoms with Crippen LogP contribution in [-0.4, -0.2) is 21.1 Å². The Hall–Kier alpha value is -2.55. The Kier molecular flexibility index (Phi) is 4.60. The molecule has 0 radical (unpaired) electrons. The van der Waals surface area contributed by atoms with E-state index in [0.29, 0.717) is 6.29 Å². The Morgan fingerprint density at radius 2 is 1.57 bits per heavy atom. The first kappa shape index (κ1) is 16.8. The van der Waals surface area contributed by atoms with Crippen LogP contribution >= 0.6 is 0 Å². The monoisotopic (exact) mass is 346 g/mol. The van der Waals surface area contributed by atoms with E-state index in [1.165, 1.54) is 24.3 Å². The Labute approximate surface area is 129 Å². The maximum absolute atomic E-state index is 12.1. The molecule has 23 heavy (non-hydrogen) atoms. The summed E-state index contributed by atoms with van der Waals surface area (Å²) in [4.78, 5) is 10.4. The molecule has 0 saturated heterocycles. The molecule has 0 bridgehead atoms. The van der Waals surface area contributed by atoms with Crippen molar-refractivity contribution in [1.82, 2.24) is 0 Å². The summed E-state index contributed by atoms with van der Waals surface area (Å²) in [5.41, 5.74) is 0.0214. The molecule has 9 heteroatoms. The summed E-state index contributed by atoms with van der Waals surface area (Å²) < 4.78 is 68.7. The summed E-state index contributed by atoms with van der Waals surface area (Å²) in [6.07, 6.45) is -4.45. The van der Waals surface area contributed by atoms with Crippen molar-refractivity contribution in [2.45, 2.75) is 11.3 Å². The van der Waals surface area contributed by atoms with Gasteiger partial charge in [0.15, 0.2) is 12.0 Å². The summed E-state index contributed by atoms with van der Waals surface area (Å²) in [6.45, 7) is 0. The zero-order valence-corrected chi connectivity index (χ0v) is 12.1. The molecule has 5 nitrogen and oxygen atoms in total. The van der Waals surface area contributed by atoms with Gasteiger partial charge in [0.05, 0.1) is 5.56 Å². The van der Waals surface area contributed by atoms with Gasteiger partial charge in [-0.1, -0.05) is 12.1 Å². The van der Waals surface area contributed by atoms with Crippen LogP contribution in [0.5, 0.6) is 11.5 Å². The number of rotatable bonds is 5. The smallest absolute Gasteiger partial charge is 0.406 e. The van der Waals surface area contributed by atoms with Gasteiger partial charge in [0.25, 0.3) is 0 Å². The summed E-state index contributed by atoms with van der Waals surface area (Å²) in [5, 5.41) is 0. The molecular formula is C14H9F3O5S. The summed E-state index contributed by atoms with van der Waals surface area (Å²) in [5.74, 6) is -0.747. The quantitative estimate of drug-likeness (QED) is 0.614. The summed E-state index contributed by atoms with van der Waals surface area (Å²) >= 11 is 0. The van der Waals surface area contributed by atoms with Crippen molar-refractivity contribution < 1.29 is 35.3 Å². The highest BCUT2D eigenvalue weighted by molar-refractivity contribution is 7.87. The van der Waals surface area contributed by atoms with E-state index in [1.807, 2.05) is 0 Å². The van der Waals surface area contributed by atoms with E-state index < -0.39 is 22.2 Å². The van der Waals surface area contributed by atoms with Gasteiger partial charge in [0.2, 0.25) is 0 Å². The molecule has 0 aliphatic heterocycles. The number of carbonyl (C=O) groups is 1. The third-order valence-corrected chi connectivity index (χ3v) is 3.84. The molecule has 0 spiro atoms. The minimum Gasteiger partial charge on any atom is -0.406 e. The molecule has 0 aliphatic carbocycles. The fourth-order valence-corrected chi connectivity index (χ4v) is 2.58. The first-order valence-electron chi connectivity index (χ1n) is 6.06. The minimum absolute atomic E-state index is 0.0214. The van der Waals surface area contributed by atoms with Crippen LogP contribution in [0.3, 0.4) is 0 Å². The number of para-hydroxylation sites is 1. The van der Waals surface area contributed by atoms with Crippen molar-refractivity contribution >= 4 is 16.4 Å². The van der Waals surface area contributed by atoms with Crippen LogP contribution < -0.4 is 8.92 Å². The lowest BCUT2D eigenvalue weighted by Gasteiger charge is -2.10. The highest BCUT2D eigenvalue weighted by Crippen LogP contribution is 2.26. The predicted molar refractivity (Wildman–Crippen MR) is 72.8 cm³/mol. The molecular weight excluding hydrogens is 337 g/mol. The van der Waals surface area contributed by atoms with Crippen LogP contribution in [0.25, 0.3) is 0 Å². The van der Waals surface area contributed by atoms with Crippen LogP contribution in [0, 0.1) is 0 Å². The standard InChI is InChI=1S/C14H9F3O5S/c15-14(16,17)21-11-5-7-12(8-6-11)23(19,20)22-13-4-2-1-3-10(13)9-18/h1-9H. The first-order valence-corrected chi connectivity index (χ1v) is 7.46. The zero-order valence-electron chi connectivity index (χ0n) is 11.3. The maximum atomic E-state index is 12.1. The molecule has 0 fully saturated rings. The van der Waals surface area contributed by atoms with Crippen LogP contribution in [0.1, 0.15) is 10.4 Å². The number of carbonyl (C=O) groups excluding carboxylic acids is 1. The predicted octanol–water partition coefficient (Wildman–Crippen LogP) is 3.17. The van der Waals surface area contributed by atoms with Gasteiger partial charge in [-0.25, -0.2) is 0 Å². The van der Waals surface area contributed by atoms with E-state index in [9.17, 15) is 26.4 Å². The van der Waals surface area contributed by atoms with Crippen molar-refractivity contribution in [3.05, 3.63) is 54.1 Å². The minimum atomic E-state index is -4.88. The SMILES string of the molecule is O=Cc1ccccc1OS(=O)(=O)c1ccc(OC(F)(F)F)cc1. The summed E-state index contributed by atoms with van der Waals surface area (Å²) in [6, 6.07) is 9.12. The number of hydrogen-bond donors (Lipinski definition) is 0. The van der Waals surface area contributed by atoms with E-state index in [1.54, 1.807) is 0 Å². The fraction of sp³-hybridized carbons (Fsp3) is 0.0714. The van der Waals surface area contributed by atoms with Gasteiger partial charge in [-0.2, -0.15) is 8.42 Å². The topological polar surface area (TPSA) is 69.7 Å². The van der Waals surface area contributed by atoms with Gasteiger partial charge in [-0.3, -0.25) is 4.79 Å². The third kappa shape index (κ3) is 4.46. The lowest BCUT2D eigenvalue weighted by atomic mass is 10.2. The lowest BCUT2D eigenvalue weighted by Crippen LogP contribution is -2.17. The van der Waals surface area contributed by atoms with Gasteiger partial charge in [0.1, 0.15) is 10.6 Å². The molecule has 0 amide bonds. The second-order valence-electron chi connectivity index (χ2n) is 4.21. The molecule has 0 N–H and O–H groups in total. The number of hydrogen-bond acceptors (Lipinski definition) is 5. The van der Waals surface area contributed by atoms with Gasteiger partial charge in [-0.15, -0.1) is 13.2 Å². The molecule has 2 rings (SSSR count). The van der Waals surface area contributed by atoms with E-state index in [4.69, 9.17) is 4.18 Å². The van der Waals surface area contributed by atoms with Crippen LogP contribution in [-0.2, 0) is 10.1 Å². The Morgan fingerprint density at radius 3 is 2.13 bits per heavy atom. The number of benzene rings is 2. The Morgan fingerprint density at radius 1 is 0.957 bits per heavy atom. The highest BCUT2D eigenvalue weighted by atomic mass is 32.2. The zero-order chi connectivity index (χ0) is 17.1. The molecule has 0 heterocycles. The van der Waals surface area contributed by atoms with Gasteiger partial charge in [0, 0.05) is 0 Å². The van der Waals surface area contributed by atoms with E-state index in [2.05, 4.69) is 4.74 Å². The molecule has 2 aromatic carbocycles. The van der Waals surface area contributed by atoms with E-state index in [0.717, 1.165) is 24.3 Å². The lowest BCUT2D eigenvalue weighted by molar-refractivity contribution is -0.274. The van der Waals surface area contributed by atoms with Crippen LogP contribution in [0.4, 0.5) is 13.2 Å². The number of ether oxygens (including phenoxy) is 1. The first-order chi connectivity index (χ1) is 10.7. The van der Waals surface area contributed by atoms with E-state index in [-0.39, 0.29) is 16.2 Å². The number of alkyl halides is 3. The second kappa shape index (κ2) is 6.29. The number of halogens is 3. The molecule has 0 aromatic heterocycles. The maximum Gasteiger partial charge on any atom is 0.573 e. The van der Waals surface area contributed by atoms with Gasteiger partial charge in [-0.05, 0) is 36.4 Å². The normalized spacial score (nSPS) is 11.8. The average molecular weight is 346 g/mol. The Bertz CT molecular complexity index is 798. The molecule has 0 aliphatic rings. The van der Waals surface area contributed by atoms with Crippen molar-refractivity contribution in [1.29, 1.82) is 0 Å². The largest absolute Gasteiger partial charge is 0.573 e.